The van der Waals surface area contributed by atoms with Crippen molar-refractivity contribution in [2.24, 2.45) is 0 Å². The van der Waals surface area contributed by atoms with Gasteiger partial charge in [-0.1, -0.05) is 0 Å². The fourth-order valence-electron chi connectivity index (χ4n) is 3.51. The normalized spacial score (nSPS) is 25.3. The van der Waals surface area contributed by atoms with Crippen LogP contribution >= 0.6 is 0 Å². The molecule has 1 fully saturated rings. The van der Waals surface area contributed by atoms with E-state index in [1.165, 1.54) is 6.07 Å². The molecular formula is C21H20O12. The molecule has 3 aromatic rings. The molecule has 12 heteroatoms. The molecule has 0 amide bonds. The standard InChI is InChI=1S/C21H20O12/c22-6-13-15(27)17(29)18(30)21(32-13)33-20-16(28)14-11(26)4-8(23)5-12(14)31-19(20)7-1-2-9(24)10(25)3-7/h1-5,13,15,17-18,21-27,29-30H,6H2/t13-,15-,17-,18-,21+/m1/s1. The quantitative estimate of drug-likeness (QED) is 0.229. The summed E-state index contributed by atoms with van der Waals surface area (Å²) in [6.45, 7) is -0.740. The van der Waals surface area contributed by atoms with Crippen molar-refractivity contribution in [2.45, 2.75) is 30.7 Å². The van der Waals surface area contributed by atoms with E-state index in [1.807, 2.05) is 0 Å². The monoisotopic (exact) mass is 464 g/mol. The van der Waals surface area contributed by atoms with Gasteiger partial charge in [0, 0.05) is 17.7 Å². The van der Waals surface area contributed by atoms with Crippen LogP contribution in [0.25, 0.3) is 22.3 Å². The molecule has 33 heavy (non-hydrogen) atoms. The third kappa shape index (κ3) is 3.90. The fourth-order valence-corrected chi connectivity index (χ4v) is 3.51. The lowest BCUT2D eigenvalue weighted by molar-refractivity contribution is -0.277. The highest BCUT2D eigenvalue weighted by Gasteiger charge is 2.45. The Labute approximate surface area is 184 Å². The first-order valence-electron chi connectivity index (χ1n) is 9.64. The lowest BCUT2D eigenvalue weighted by Gasteiger charge is -2.39. The molecule has 1 aliphatic rings. The molecule has 0 unspecified atom stereocenters. The molecule has 12 nitrogen and oxygen atoms in total. The average molecular weight is 464 g/mol. The summed E-state index contributed by atoms with van der Waals surface area (Å²) in [4.78, 5) is 13.2. The summed E-state index contributed by atoms with van der Waals surface area (Å²) in [6, 6.07) is 5.36. The van der Waals surface area contributed by atoms with Gasteiger partial charge in [0.25, 0.3) is 0 Å². The van der Waals surface area contributed by atoms with Gasteiger partial charge in [-0.05, 0) is 18.2 Å². The second-order valence-corrected chi connectivity index (χ2v) is 7.45. The summed E-state index contributed by atoms with van der Waals surface area (Å²) in [5.74, 6) is -3.05. The number of rotatable bonds is 4. The van der Waals surface area contributed by atoms with Gasteiger partial charge in [-0.15, -0.1) is 0 Å². The molecule has 1 saturated heterocycles. The van der Waals surface area contributed by atoms with Crippen LogP contribution in [0.2, 0.25) is 0 Å². The minimum Gasteiger partial charge on any atom is -0.508 e. The number of aliphatic hydroxyl groups excluding tert-OH is 4. The molecular weight excluding hydrogens is 444 g/mol. The van der Waals surface area contributed by atoms with Gasteiger partial charge in [0.15, 0.2) is 17.3 Å². The van der Waals surface area contributed by atoms with Crippen LogP contribution in [0.3, 0.4) is 0 Å². The summed E-state index contributed by atoms with van der Waals surface area (Å²) in [7, 11) is 0. The molecule has 1 aliphatic heterocycles. The van der Waals surface area contributed by atoms with Crippen LogP contribution in [-0.2, 0) is 4.74 Å². The molecule has 176 valence electrons. The maximum absolute atomic E-state index is 13.2. The zero-order valence-corrected chi connectivity index (χ0v) is 16.7. The molecule has 1 aromatic heterocycles. The predicted molar refractivity (Wildman–Crippen MR) is 109 cm³/mol. The fraction of sp³-hybridized carbons (Fsp3) is 0.286. The zero-order valence-electron chi connectivity index (χ0n) is 16.7. The van der Waals surface area contributed by atoms with Crippen LogP contribution in [0, 0.1) is 0 Å². The van der Waals surface area contributed by atoms with E-state index in [4.69, 9.17) is 13.9 Å². The smallest absolute Gasteiger partial charge is 0.239 e. The molecule has 0 aliphatic carbocycles. The second kappa shape index (κ2) is 8.42. The van der Waals surface area contributed by atoms with Gasteiger partial charge < -0.3 is 54.7 Å². The number of hydrogen-bond acceptors (Lipinski definition) is 12. The number of aliphatic hydroxyl groups is 4. The van der Waals surface area contributed by atoms with E-state index in [1.54, 1.807) is 0 Å². The molecule has 8 N–H and O–H groups in total. The summed E-state index contributed by atoms with van der Waals surface area (Å²) >= 11 is 0. The Morgan fingerprint density at radius 1 is 0.879 bits per heavy atom. The van der Waals surface area contributed by atoms with Crippen molar-refractivity contribution in [3.63, 3.8) is 0 Å². The maximum Gasteiger partial charge on any atom is 0.239 e. The number of phenols is 4. The van der Waals surface area contributed by atoms with Crippen molar-refractivity contribution in [3.8, 4) is 40.1 Å². The van der Waals surface area contributed by atoms with Crippen molar-refractivity contribution >= 4 is 11.0 Å². The van der Waals surface area contributed by atoms with Gasteiger partial charge in [-0.3, -0.25) is 4.79 Å². The molecule has 2 aromatic carbocycles. The molecule has 0 spiro atoms. The Hall–Kier alpha value is -3.55. The minimum absolute atomic E-state index is 0.0201. The molecule has 5 atom stereocenters. The van der Waals surface area contributed by atoms with Gasteiger partial charge in [0.1, 0.15) is 46.9 Å². The summed E-state index contributed by atoms with van der Waals surface area (Å²) in [5.41, 5.74) is -1.19. The van der Waals surface area contributed by atoms with Gasteiger partial charge in [0.2, 0.25) is 17.5 Å². The highest BCUT2D eigenvalue weighted by molar-refractivity contribution is 5.88. The van der Waals surface area contributed by atoms with Gasteiger partial charge in [-0.25, -0.2) is 0 Å². The second-order valence-electron chi connectivity index (χ2n) is 7.45. The van der Waals surface area contributed by atoms with Gasteiger partial charge in [0.05, 0.1) is 6.61 Å². The van der Waals surface area contributed by atoms with Crippen molar-refractivity contribution in [2.75, 3.05) is 6.61 Å². The lowest BCUT2D eigenvalue weighted by Crippen LogP contribution is -2.60. The first kappa shape index (κ1) is 22.6. The molecule has 2 heterocycles. The maximum atomic E-state index is 13.2. The number of ether oxygens (including phenoxy) is 2. The van der Waals surface area contributed by atoms with E-state index < -0.39 is 71.5 Å². The van der Waals surface area contributed by atoms with Crippen molar-refractivity contribution < 1.29 is 54.7 Å². The Kier molecular flexibility index (Phi) is 5.78. The van der Waals surface area contributed by atoms with Crippen molar-refractivity contribution in [1.82, 2.24) is 0 Å². The predicted octanol–water partition coefficient (Wildman–Crippen LogP) is -0.539. The van der Waals surface area contributed by atoms with E-state index in [0.29, 0.717) is 0 Å². The van der Waals surface area contributed by atoms with Crippen LogP contribution in [0.4, 0.5) is 0 Å². The van der Waals surface area contributed by atoms with Gasteiger partial charge in [-0.2, -0.15) is 0 Å². The zero-order chi connectivity index (χ0) is 24.0. The van der Waals surface area contributed by atoms with Crippen LogP contribution in [0.5, 0.6) is 28.7 Å². The highest BCUT2D eigenvalue weighted by Crippen LogP contribution is 2.39. The van der Waals surface area contributed by atoms with E-state index in [2.05, 4.69) is 0 Å². The lowest BCUT2D eigenvalue weighted by atomic mass is 9.99. The third-order valence-electron chi connectivity index (χ3n) is 5.24. The number of fused-ring (bicyclic) bond motifs is 1. The number of hydrogen-bond donors (Lipinski definition) is 8. The number of aromatic hydroxyl groups is 4. The third-order valence-corrected chi connectivity index (χ3v) is 5.24. The highest BCUT2D eigenvalue weighted by atomic mass is 16.7. The van der Waals surface area contributed by atoms with E-state index in [-0.39, 0.29) is 22.3 Å². The Morgan fingerprint density at radius 3 is 2.27 bits per heavy atom. The Morgan fingerprint density at radius 2 is 1.61 bits per heavy atom. The summed E-state index contributed by atoms with van der Waals surface area (Å²) in [5, 5.41) is 78.7. The first-order valence-corrected chi connectivity index (χ1v) is 9.64. The van der Waals surface area contributed by atoms with Gasteiger partial charge >= 0.3 is 0 Å². The average Bonchev–Trinajstić information content (AvgIpc) is 2.76. The SMILES string of the molecule is O=c1c(O[C@@H]2O[C@H](CO)[C@@H](O)[C@@H](O)[C@H]2O)c(-c2ccc(O)c(O)c2)oc2cc(O)cc(O)c12. The summed E-state index contributed by atoms with van der Waals surface area (Å²) < 4.78 is 16.5. The number of phenolic OH excluding ortho intramolecular Hbond substituents is 4. The molecule has 4 rings (SSSR count). The molecule has 0 bridgehead atoms. The van der Waals surface area contributed by atoms with Crippen LogP contribution < -0.4 is 10.2 Å². The molecule has 0 saturated carbocycles. The topological polar surface area (TPSA) is 211 Å². The van der Waals surface area contributed by atoms with Crippen molar-refractivity contribution in [1.29, 1.82) is 0 Å². The number of benzene rings is 2. The van der Waals surface area contributed by atoms with E-state index in [9.17, 15) is 45.6 Å². The summed E-state index contributed by atoms with van der Waals surface area (Å²) in [6.07, 6.45) is -8.40. The minimum atomic E-state index is -1.85. The van der Waals surface area contributed by atoms with Crippen LogP contribution in [-0.4, -0.2) is 78.2 Å². The largest absolute Gasteiger partial charge is 0.508 e. The first-order chi connectivity index (χ1) is 15.6. The van der Waals surface area contributed by atoms with E-state index in [0.717, 1.165) is 24.3 Å². The Balaban J connectivity index is 1.91. The van der Waals surface area contributed by atoms with Crippen molar-refractivity contribution in [3.05, 3.63) is 40.6 Å². The Bertz CT molecular complexity index is 1250. The van der Waals surface area contributed by atoms with E-state index >= 15 is 0 Å². The van der Waals surface area contributed by atoms with Crippen LogP contribution in [0.15, 0.2) is 39.5 Å². The molecule has 0 radical (unpaired) electrons. The van der Waals surface area contributed by atoms with Crippen LogP contribution in [0.1, 0.15) is 0 Å².